The largest absolute Gasteiger partial charge is 0.373 e. The van der Waals surface area contributed by atoms with Gasteiger partial charge >= 0.3 is 0 Å². The van der Waals surface area contributed by atoms with Crippen LogP contribution in [0.3, 0.4) is 0 Å². The molecule has 0 aliphatic carbocycles. The second-order valence-electron chi connectivity index (χ2n) is 2.32. The highest BCUT2D eigenvalue weighted by Gasteiger charge is 1.97. The van der Waals surface area contributed by atoms with Gasteiger partial charge in [0.25, 0.3) is 0 Å². The van der Waals surface area contributed by atoms with Crippen LogP contribution in [0, 0.1) is 6.61 Å². The van der Waals surface area contributed by atoms with Crippen LogP contribution in [0.2, 0.25) is 0 Å². The van der Waals surface area contributed by atoms with Crippen LogP contribution in [0.4, 0.5) is 0 Å². The molecule has 0 saturated heterocycles. The van der Waals surface area contributed by atoms with Crippen molar-refractivity contribution in [3.8, 4) is 0 Å². The molecule has 0 spiro atoms. The molecule has 1 radical (unpaired) electrons. The Morgan fingerprint density at radius 1 is 1.56 bits per heavy atom. The molecule has 0 aromatic heterocycles. The van der Waals surface area contributed by atoms with E-state index in [1.54, 1.807) is 6.61 Å². The maximum atomic E-state index is 5.22. The van der Waals surface area contributed by atoms with Crippen molar-refractivity contribution in [1.82, 2.24) is 0 Å². The van der Waals surface area contributed by atoms with Crippen molar-refractivity contribution in [3.63, 3.8) is 0 Å². The number of unbranched alkanes of at least 4 members (excludes halogenated alkanes) is 1. The molecule has 0 aromatic rings. The van der Waals surface area contributed by atoms with Crippen molar-refractivity contribution < 1.29 is 4.74 Å². The number of ether oxygens (including phenoxy) is 1. The molecule has 0 amide bonds. The molecule has 0 aromatic carbocycles. The first kappa shape index (κ1) is 8.96. The highest BCUT2D eigenvalue weighted by atomic mass is 16.5. The van der Waals surface area contributed by atoms with Crippen LogP contribution >= 0.6 is 0 Å². The molecular weight excluding hydrogens is 112 g/mol. The minimum Gasteiger partial charge on any atom is -0.373 e. The van der Waals surface area contributed by atoms with Gasteiger partial charge in [-0.25, -0.2) is 0 Å². The average Bonchev–Trinajstić information content (AvgIpc) is 1.85. The summed E-state index contributed by atoms with van der Waals surface area (Å²) < 4.78 is 5.22. The van der Waals surface area contributed by atoms with Gasteiger partial charge in [0, 0.05) is 0 Å². The molecule has 55 valence electrons. The Hall–Kier alpha value is -0.0400. The Kier molecular flexibility index (Phi) is 6.06. The lowest BCUT2D eigenvalue weighted by atomic mass is 10.2. The van der Waals surface area contributed by atoms with Gasteiger partial charge < -0.3 is 4.74 Å². The monoisotopic (exact) mass is 129 g/mol. The average molecular weight is 129 g/mol. The highest BCUT2D eigenvalue weighted by molar-refractivity contribution is 4.51. The standard InChI is InChI=1S/C8H17O/c1-4-6-7-8(3)9-5-2/h5,8H,4,6-7H2,1-3H3. The topological polar surface area (TPSA) is 9.23 Å². The normalized spacial score (nSPS) is 13.7. The number of rotatable bonds is 5. The fourth-order valence-corrected chi connectivity index (χ4v) is 0.792. The molecular formula is C8H17O. The zero-order valence-electron chi connectivity index (χ0n) is 6.68. The Morgan fingerprint density at radius 2 is 2.22 bits per heavy atom. The van der Waals surface area contributed by atoms with Crippen LogP contribution < -0.4 is 0 Å². The van der Waals surface area contributed by atoms with Crippen molar-refractivity contribution in [3.05, 3.63) is 6.61 Å². The molecule has 1 heteroatoms. The summed E-state index contributed by atoms with van der Waals surface area (Å²) in [6.45, 7) is 7.99. The zero-order chi connectivity index (χ0) is 7.11. The van der Waals surface area contributed by atoms with E-state index >= 15 is 0 Å². The van der Waals surface area contributed by atoms with Gasteiger partial charge in [-0.05, 0) is 20.3 Å². The van der Waals surface area contributed by atoms with Crippen molar-refractivity contribution in [2.24, 2.45) is 0 Å². The minimum atomic E-state index is 0.412. The van der Waals surface area contributed by atoms with Crippen molar-refractivity contribution >= 4 is 0 Å². The Bertz CT molecular complexity index is 52.5. The van der Waals surface area contributed by atoms with Crippen molar-refractivity contribution in [2.45, 2.75) is 46.1 Å². The first-order valence-corrected chi connectivity index (χ1v) is 3.74. The molecule has 0 bridgehead atoms. The van der Waals surface area contributed by atoms with E-state index in [0.29, 0.717) is 6.10 Å². The molecule has 1 unspecified atom stereocenters. The summed E-state index contributed by atoms with van der Waals surface area (Å²) in [5.41, 5.74) is 0. The molecule has 1 atom stereocenters. The van der Waals surface area contributed by atoms with Crippen LogP contribution in [-0.2, 0) is 4.74 Å². The third-order valence-corrected chi connectivity index (χ3v) is 1.33. The van der Waals surface area contributed by atoms with Crippen LogP contribution in [0.1, 0.15) is 40.0 Å². The fraction of sp³-hybridized carbons (Fsp3) is 0.875. The summed E-state index contributed by atoms with van der Waals surface area (Å²) in [6.07, 6.45) is 4.13. The maximum Gasteiger partial charge on any atom is 0.0809 e. The van der Waals surface area contributed by atoms with E-state index in [4.69, 9.17) is 4.74 Å². The summed E-state index contributed by atoms with van der Waals surface area (Å²) in [4.78, 5) is 0. The van der Waals surface area contributed by atoms with Gasteiger partial charge in [-0.1, -0.05) is 19.8 Å². The highest BCUT2D eigenvalue weighted by Crippen LogP contribution is 2.03. The van der Waals surface area contributed by atoms with E-state index in [2.05, 4.69) is 13.8 Å². The van der Waals surface area contributed by atoms with E-state index in [0.717, 1.165) is 0 Å². The smallest absolute Gasteiger partial charge is 0.0809 e. The summed E-state index contributed by atoms with van der Waals surface area (Å²) in [5.74, 6) is 0. The Labute approximate surface area is 58.4 Å². The van der Waals surface area contributed by atoms with Gasteiger partial charge in [-0.15, -0.1) is 0 Å². The van der Waals surface area contributed by atoms with Gasteiger partial charge in [-0.3, -0.25) is 0 Å². The van der Waals surface area contributed by atoms with Crippen molar-refractivity contribution in [2.75, 3.05) is 0 Å². The number of hydrogen-bond acceptors (Lipinski definition) is 1. The third kappa shape index (κ3) is 5.84. The summed E-state index contributed by atoms with van der Waals surface area (Å²) >= 11 is 0. The Balaban J connectivity index is 2.95. The van der Waals surface area contributed by atoms with E-state index in [-0.39, 0.29) is 0 Å². The molecule has 9 heavy (non-hydrogen) atoms. The Morgan fingerprint density at radius 3 is 2.67 bits per heavy atom. The van der Waals surface area contributed by atoms with E-state index in [1.165, 1.54) is 19.3 Å². The number of hydrogen-bond donors (Lipinski definition) is 0. The summed E-state index contributed by atoms with van der Waals surface area (Å²) in [6, 6.07) is 0. The molecule has 0 N–H and O–H groups in total. The molecule has 0 rings (SSSR count). The molecule has 0 saturated carbocycles. The van der Waals surface area contributed by atoms with Gasteiger partial charge in [-0.2, -0.15) is 0 Å². The quantitative estimate of drug-likeness (QED) is 0.554. The second-order valence-corrected chi connectivity index (χ2v) is 2.32. The minimum absolute atomic E-state index is 0.412. The van der Waals surface area contributed by atoms with Gasteiger partial charge in [0.1, 0.15) is 0 Å². The van der Waals surface area contributed by atoms with Gasteiger partial charge in [0.15, 0.2) is 0 Å². The predicted octanol–water partition coefficient (Wildman–Crippen LogP) is 2.76. The summed E-state index contributed by atoms with van der Waals surface area (Å²) in [5, 5.41) is 0. The maximum absolute atomic E-state index is 5.22. The molecule has 0 heterocycles. The summed E-state index contributed by atoms with van der Waals surface area (Å²) in [7, 11) is 0. The van der Waals surface area contributed by atoms with Crippen LogP contribution in [0.5, 0.6) is 0 Å². The van der Waals surface area contributed by atoms with E-state index < -0.39 is 0 Å². The SMILES string of the molecule is C[CH]OC(C)CCCC. The fourth-order valence-electron chi connectivity index (χ4n) is 0.792. The molecule has 0 fully saturated rings. The molecule has 0 aliphatic rings. The lowest BCUT2D eigenvalue weighted by molar-refractivity contribution is 0.115. The lowest BCUT2D eigenvalue weighted by Gasteiger charge is -2.08. The van der Waals surface area contributed by atoms with Gasteiger partial charge in [0.05, 0.1) is 12.7 Å². The molecule has 0 aliphatic heterocycles. The van der Waals surface area contributed by atoms with E-state index in [1.807, 2.05) is 6.92 Å². The van der Waals surface area contributed by atoms with Crippen molar-refractivity contribution in [1.29, 1.82) is 0 Å². The predicted molar refractivity (Wildman–Crippen MR) is 40.0 cm³/mol. The van der Waals surface area contributed by atoms with Gasteiger partial charge in [0.2, 0.25) is 0 Å². The van der Waals surface area contributed by atoms with Crippen LogP contribution in [0.25, 0.3) is 0 Å². The lowest BCUT2D eigenvalue weighted by Crippen LogP contribution is -2.04. The first-order chi connectivity index (χ1) is 4.31. The van der Waals surface area contributed by atoms with Crippen LogP contribution in [0.15, 0.2) is 0 Å². The first-order valence-electron chi connectivity index (χ1n) is 3.74. The molecule has 1 nitrogen and oxygen atoms in total. The van der Waals surface area contributed by atoms with Crippen LogP contribution in [-0.4, -0.2) is 6.10 Å². The van der Waals surface area contributed by atoms with E-state index in [9.17, 15) is 0 Å². The second kappa shape index (κ2) is 6.09. The zero-order valence-corrected chi connectivity index (χ0v) is 6.68. The third-order valence-electron chi connectivity index (χ3n) is 1.33.